The third-order valence-electron chi connectivity index (χ3n) is 5.22. The molecule has 0 saturated heterocycles. The van der Waals surface area contributed by atoms with Crippen LogP contribution in [0.4, 0.5) is 13.2 Å². The van der Waals surface area contributed by atoms with Crippen molar-refractivity contribution in [3.8, 4) is 28.5 Å². The number of aromatic nitrogens is 1. The number of halogens is 3. The zero-order valence-corrected chi connectivity index (χ0v) is 21.4. The first-order valence-corrected chi connectivity index (χ1v) is 12.1. The Morgan fingerprint density at radius 3 is 2.43 bits per heavy atom. The molecule has 3 rings (SSSR count). The maximum atomic E-state index is 12.5. The van der Waals surface area contributed by atoms with Gasteiger partial charge < -0.3 is 28.8 Å². The summed E-state index contributed by atoms with van der Waals surface area (Å²) in [5.41, 5.74) is 2.36. The minimum Gasteiger partial charge on any atom is -0.497 e. The van der Waals surface area contributed by atoms with Gasteiger partial charge in [-0.25, -0.2) is 0 Å². The van der Waals surface area contributed by atoms with Gasteiger partial charge in [-0.2, -0.15) is 0 Å². The number of ether oxygens (including phenoxy) is 4. The van der Waals surface area contributed by atoms with Gasteiger partial charge in [-0.15, -0.1) is 24.5 Å². The normalized spacial score (nSPS) is 11.9. The fourth-order valence-electron chi connectivity index (χ4n) is 3.51. The highest BCUT2D eigenvalue weighted by Gasteiger charge is 2.31. The average Bonchev–Trinajstić information content (AvgIpc) is 3.27. The van der Waals surface area contributed by atoms with Crippen LogP contribution in [0, 0.1) is 0 Å². The quantitative estimate of drug-likeness (QED) is 0.346. The largest absolute Gasteiger partial charge is 0.573 e. The molecule has 0 saturated carbocycles. The fraction of sp³-hybridized carbons (Fsp3) is 0.360. The van der Waals surface area contributed by atoms with Crippen LogP contribution in [0.3, 0.4) is 0 Å². The predicted molar refractivity (Wildman–Crippen MR) is 133 cm³/mol. The molecule has 200 valence electrons. The van der Waals surface area contributed by atoms with Crippen molar-refractivity contribution in [3.05, 3.63) is 58.2 Å². The number of alkyl halides is 3. The maximum Gasteiger partial charge on any atom is 0.573 e. The van der Waals surface area contributed by atoms with Crippen molar-refractivity contribution < 1.29 is 36.9 Å². The summed E-state index contributed by atoms with van der Waals surface area (Å²) in [5, 5.41) is 4.68. The van der Waals surface area contributed by atoms with E-state index >= 15 is 0 Å². The summed E-state index contributed by atoms with van der Waals surface area (Å²) in [6.07, 6.45) is -4.15. The van der Waals surface area contributed by atoms with E-state index in [1.165, 1.54) is 30.6 Å². The Hall–Kier alpha value is -3.51. The predicted octanol–water partition coefficient (Wildman–Crippen LogP) is 4.39. The summed E-state index contributed by atoms with van der Waals surface area (Å²) in [6.45, 7) is 1.27. The third kappa shape index (κ3) is 8.25. The lowest BCUT2D eigenvalue weighted by atomic mass is 10.1. The lowest BCUT2D eigenvalue weighted by Crippen LogP contribution is -2.29. The zero-order chi connectivity index (χ0) is 26.8. The van der Waals surface area contributed by atoms with Gasteiger partial charge in [0.15, 0.2) is 4.80 Å². The highest BCUT2D eigenvalue weighted by Crippen LogP contribution is 2.28. The van der Waals surface area contributed by atoms with Crippen LogP contribution in [0.25, 0.3) is 11.3 Å². The zero-order valence-electron chi connectivity index (χ0n) is 20.6. The monoisotopic (exact) mass is 539 g/mol. The first-order chi connectivity index (χ1) is 17.7. The summed E-state index contributed by atoms with van der Waals surface area (Å²) in [4.78, 5) is 17.2. The molecular formula is C25H28F3N3O5S. The van der Waals surface area contributed by atoms with Crippen LogP contribution in [-0.4, -0.2) is 51.3 Å². The van der Waals surface area contributed by atoms with Gasteiger partial charge in [0.1, 0.15) is 23.9 Å². The SMILES string of the molecule is COCC(=O)NCCCn1c(-c2ccc(OC(F)(F)F)cc2)cs/c1=N\Cc1ccc(OC)cc1OC. The molecule has 8 nitrogen and oxygen atoms in total. The van der Waals surface area contributed by atoms with Crippen LogP contribution < -0.4 is 24.3 Å². The van der Waals surface area contributed by atoms with Crippen LogP contribution in [-0.2, 0) is 22.6 Å². The molecule has 0 bridgehead atoms. The van der Waals surface area contributed by atoms with E-state index in [-0.39, 0.29) is 18.3 Å². The van der Waals surface area contributed by atoms with Crippen LogP contribution in [0.15, 0.2) is 52.8 Å². The second-order valence-corrected chi connectivity index (χ2v) is 8.59. The Labute approximate surface area is 216 Å². The molecule has 3 aromatic rings. The van der Waals surface area contributed by atoms with E-state index in [4.69, 9.17) is 19.2 Å². The molecule has 12 heteroatoms. The molecule has 0 radical (unpaired) electrons. The van der Waals surface area contributed by atoms with Crippen LogP contribution in [0.1, 0.15) is 12.0 Å². The highest BCUT2D eigenvalue weighted by molar-refractivity contribution is 7.07. The number of carbonyl (C=O) groups excluding carboxylic acids is 1. The number of methoxy groups -OCH3 is 3. The summed E-state index contributed by atoms with van der Waals surface area (Å²) in [5.74, 6) is 0.806. The van der Waals surface area contributed by atoms with Crippen molar-refractivity contribution in [2.24, 2.45) is 4.99 Å². The van der Waals surface area contributed by atoms with Crippen molar-refractivity contribution in [1.29, 1.82) is 0 Å². The van der Waals surface area contributed by atoms with E-state index in [1.54, 1.807) is 32.4 Å². The van der Waals surface area contributed by atoms with Gasteiger partial charge in [0.25, 0.3) is 0 Å². The minimum atomic E-state index is -4.76. The molecule has 0 unspecified atom stereocenters. The molecule has 37 heavy (non-hydrogen) atoms. The van der Waals surface area contributed by atoms with Gasteiger partial charge in [0.05, 0.1) is 26.5 Å². The summed E-state index contributed by atoms with van der Waals surface area (Å²) >= 11 is 1.41. The molecule has 1 N–H and O–H groups in total. The fourth-order valence-corrected chi connectivity index (χ4v) is 4.45. The van der Waals surface area contributed by atoms with E-state index in [2.05, 4.69) is 10.1 Å². The van der Waals surface area contributed by atoms with E-state index in [1.807, 2.05) is 22.1 Å². The van der Waals surface area contributed by atoms with Crippen molar-refractivity contribution in [2.45, 2.75) is 25.9 Å². The lowest BCUT2D eigenvalue weighted by molar-refractivity contribution is -0.274. The van der Waals surface area contributed by atoms with Crippen LogP contribution >= 0.6 is 11.3 Å². The second kappa shape index (κ2) is 13.2. The number of nitrogens with one attached hydrogen (secondary N) is 1. The molecule has 1 heterocycles. The molecule has 0 atom stereocenters. The number of thiazole rings is 1. The third-order valence-corrected chi connectivity index (χ3v) is 6.12. The van der Waals surface area contributed by atoms with Gasteiger partial charge in [0.2, 0.25) is 5.91 Å². The first kappa shape index (κ1) is 28.1. The molecule has 2 aromatic carbocycles. The van der Waals surface area contributed by atoms with Crippen LogP contribution in [0.5, 0.6) is 17.2 Å². The summed E-state index contributed by atoms with van der Waals surface area (Å²) < 4.78 is 59.1. The standard InChI is InChI=1S/C25H28F3N3O5S/c1-33-15-23(32)29-11-4-12-31-21(17-5-8-19(9-6-17)36-25(26,27)28)16-37-24(31)30-14-18-7-10-20(34-2)13-22(18)35-3/h5-10,13,16H,4,11-12,14-15H2,1-3H3,(H,29,32)/b30-24-. The molecular weight excluding hydrogens is 511 g/mol. The number of hydrogen-bond donors (Lipinski definition) is 1. The van der Waals surface area contributed by atoms with Gasteiger partial charge >= 0.3 is 6.36 Å². The number of hydrogen-bond acceptors (Lipinski definition) is 7. The first-order valence-electron chi connectivity index (χ1n) is 11.3. The number of carbonyl (C=O) groups is 1. The van der Waals surface area contributed by atoms with E-state index < -0.39 is 6.36 Å². The van der Waals surface area contributed by atoms with Gasteiger partial charge in [-0.05, 0) is 48.4 Å². The van der Waals surface area contributed by atoms with Crippen molar-refractivity contribution in [2.75, 3.05) is 34.5 Å². The van der Waals surface area contributed by atoms with Gasteiger partial charge in [0, 0.05) is 37.2 Å². The number of nitrogens with zero attached hydrogens (tertiary/aromatic N) is 2. The topological polar surface area (TPSA) is 83.3 Å². The van der Waals surface area contributed by atoms with E-state index in [0.29, 0.717) is 47.9 Å². The van der Waals surface area contributed by atoms with E-state index in [0.717, 1.165) is 11.3 Å². The molecule has 0 aliphatic carbocycles. The lowest BCUT2D eigenvalue weighted by Gasteiger charge is -2.12. The highest BCUT2D eigenvalue weighted by atomic mass is 32.1. The van der Waals surface area contributed by atoms with Gasteiger partial charge in [-0.1, -0.05) is 0 Å². The summed E-state index contributed by atoms with van der Waals surface area (Å²) in [7, 11) is 4.60. The molecule has 0 aliphatic rings. The molecule has 1 aromatic heterocycles. The van der Waals surface area contributed by atoms with E-state index in [9.17, 15) is 18.0 Å². The molecule has 1 amide bonds. The Kier molecular flexibility index (Phi) is 9.98. The van der Waals surface area contributed by atoms with Crippen molar-refractivity contribution in [1.82, 2.24) is 9.88 Å². The second-order valence-electron chi connectivity index (χ2n) is 7.76. The van der Waals surface area contributed by atoms with Crippen molar-refractivity contribution in [3.63, 3.8) is 0 Å². The maximum absolute atomic E-state index is 12.5. The Morgan fingerprint density at radius 2 is 1.78 bits per heavy atom. The van der Waals surface area contributed by atoms with Gasteiger partial charge in [-0.3, -0.25) is 9.79 Å². The Morgan fingerprint density at radius 1 is 1.05 bits per heavy atom. The number of rotatable bonds is 12. The molecule has 0 spiro atoms. The average molecular weight is 540 g/mol. The minimum absolute atomic E-state index is 0.0204. The molecule has 0 aliphatic heterocycles. The number of benzene rings is 2. The summed E-state index contributed by atoms with van der Waals surface area (Å²) in [6, 6.07) is 11.2. The number of amides is 1. The Balaban J connectivity index is 1.87. The smallest absolute Gasteiger partial charge is 0.497 e. The Bertz CT molecular complexity index is 1240. The molecule has 0 fully saturated rings. The van der Waals surface area contributed by atoms with Crippen LogP contribution in [0.2, 0.25) is 0 Å². The van der Waals surface area contributed by atoms with Crippen molar-refractivity contribution >= 4 is 17.2 Å².